The van der Waals surface area contributed by atoms with Crippen LogP contribution in [0.1, 0.15) is 18.1 Å². The molecule has 3 aromatic rings. The van der Waals surface area contributed by atoms with E-state index in [1.54, 1.807) is 66.4 Å². The number of benzene rings is 2. The summed E-state index contributed by atoms with van der Waals surface area (Å²) in [6.45, 7) is 5.71. The number of rotatable bonds is 4. The Balaban J connectivity index is 1.97. The van der Waals surface area contributed by atoms with Gasteiger partial charge in [0.15, 0.2) is 11.2 Å². The standard InChI is InChI=1S/C25H20N2O6/c1-3-13-27-16-11-7-6-10-15(16)25(19(21(27)26)22(28)31-4-2)18-20(33-24(25)30)14-9-5-8-12-17(14)32-23(18)29/h3,5-12H,1,4,13,26H2,2H3/t25-/m0/s1. The molecule has 0 unspecified atom stereocenters. The number of esters is 2. The maximum absolute atomic E-state index is 13.8. The highest BCUT2D eigenvalue weighted by molar-refractivity contribution is 6.12. The van der Waals surface area contributed by atoms with Gasteiger partial charge in [0, 0.05) is 17.8 Å². The summed E-state index contributed by atoms with van der Waals surface area (Å²) in [6.07, 6.45) is 1.62. The number of carbonyl (C=O) groups is 2. The van der Waals surface area contributed by atoms with Crippen LogP contribution in [0.25, 0.3) is 11.0 Å². The lowest BCUT2D eigenvalue weighted by atomic mass is 9.67. The zero-order valence-electron chi connectivity index (χ0n) is 17.8. The predicted molar refractivity (Wildman–Crippen MR) is 121 cm³/mol. The molecule has 0 aliphatic carbocycles. The molecule has 2 aromatic carbocycles. The molecule has 1 aromatic heterocycles. The van der Waals surface area contributed by atoms with E-state index >= 15 is 0 Å². The third-order valence-corrected chi connectivity index (χ3v) is 5.95. The molecule has 1 spiro atoms. The van der Waals surface area contributed by atoms with Crippen molar-refractivity contribution in [2.24, 2.45) is 5.73 Å². The van der Waals surface area contributed by atoms with E-state index in [9.17, 15) is 14.4 Å². The average Bonchev–Trinajstić information content (AvgIpc) is 3.11. The van der Waals surface area contributed by atoms with Gasteiger partial charge in [0.1, 0.15) is 22.5 Å². The van der Waals surface area contributed by atoms with E-state index in [1.165, 1.54) is 0 Å². The molecule has 0 bridgehead atoms. The summed E-state index contributed by atoms with van der Waals surface area (Å²) in [4.78, 5) is 42.1. The molecule has 33 heavy (non-hydrogen) atoms. The van der Waals surface area contributed by atoms with Crippen LogP contribution in [0.5, 0.6) is 5.75 Å². The number of anilines is 1. The number of fused-ring (bicyclic) bond motifs is 6. The molecule has 0 saturated heterocycles. The van der Waals surface area contributed by atoms with Crippen molar-refractivity contribution in [1.82, 2.24) is 0 Å². The molecule has 1 atom stereocenters. The van der Waals surface area contributed by atoms with Gasteiger partial charge in [0.25, 0.3) is 0 Å². The largest absolute Gasteiger partial charge is 0.462 e. The normalized spacial score (nSPS) is 18.8. The average molecular weight is 444 g/mol. The molecule has 0 saturated carbocycles. The number of carbonyl (C=O) groups excluding carboxylic acids is 2. The molecule has 8 heteroatoms. The van der Waals surface area contributed by atoms with E-state index in [0.29, 0.717) is 16.6 Å². The van der Waals surface area contributed by atoms with Crippen LogP contribution >= 0.6 is 0 Å². The minimum absolute atomic E-state index is 0.0237. The van der Waals surface area contributed by atoms with Crippen molar-refractivity contribution in [3.05, 3.63) is 94.1 Å². The quantitative estimate of drug-likeness (QED) is 0.371. The van der Waals surface area contributed by atoms with E-state index < -0.39 is 23.0 Å². The molecule has 5 rings (SSSR count). The van der Waals surface area contributed by atoms with Gasteiger partial charge in [-0.2, -0.15) is 0 Å². The summed E-state index contributed by atoms with van der Waals surface area (Å²) in [7, 11) is 0. The molecular weight excluding hydrogens is 424 g/mol. The highest BCUT2D eigenvalue weighted by Gasteiger charge is 2.62. The van der Waals surface area contributed by atoms with Gasteiger partial charge in [-0.3, -0.25) is 0 Å². The Labute approximate surface area is 188 Å². The maximum Gasteiger partial charge on any atom is 0.345 e. The summed E-state index contributed by atoms with van der Waals surface area (Å²) in [5.41, 5.74) is 4.67. The predicted octanol–water partition coefficient (Wildman–Crippen LogP) is 2.74. The smallest absolute Gasteiger partial charge is 0.345 e. The minimum atomic E-state index is -1.94. The van der Waals surface area contributed by atoms with Crippen molar-refractivity contribution in [3.8, 4) is 5.75 Å². The number of ether oxygens (including phenoxy) is 2. The van der Waals surface area contributed by atoms with Gasteiger partial charge < -0.3 is 24.5 Å². The van der Waals surface area contributed by atoms with Crippen LogP contribution in [0, 0.1) is 0 Å². The lowest BCUT2D eigenvalue weighted by Gasteiger charge is -2.40. The van der Waals surface area contributed by atoms with Crippen LogP contribution in [0.15, 0.2) is 81.8 Å². The van der Waals surface area contributed by atoms with Crippen molar-refractivity contribution in [1.29, 1.82) is 0 Å². The zero-order valence-corrected chi connectivity index (χ0v) is 17.8. The third kappa shape index (κ3) is 2.60. The Morgan fingerprint density at radius 2 is 1.91 bits per heavy atom. The second-order valence-electron chi connectivity index (χ2n) is 7.63. The first kappa shape index (κ1) is 20.6. The third-order valence-electron chi connectivity index (χ3n) is 5.95. The van der Waals surface area contributed by atoms with Crippen LogP contribution in [0.3, 0.4) is 0 Å². The second kappa shape index (κ2) is 7.37. The summed E-state index contributed by atoms with van der Waals surface area (Å²) in [5, 5.41) is 0.435. The van der Waals surface area contributed by atoms with Crippen LogP contribution < -0.4 is 21.0 Å². The first-order valence-electron chi connectivity index (χ1n) is 10.4. The van der Waals surface area contributed by atoms with Crippen LogP contribution in [0.4, 0.5) is 5.69 Å². The Hall–Kier alpha value is -4.33. The number of nitrogens with zero attached hydrogens (tertiary/aromatic N) is 1. The van der Waals surface area contributed by atoms with Gasteiger partial charge >= 0.3 is 17.6 Å². The molecule has 8 nitrogen and oxygen atoms in total. The fourth-order valence-electron chi connectivity index (χ4n) is 4.70. The Kier molecular flexibility index (Phi) is 4.59. The first-order valence-corrected chi connectivity index (χ1v) is 10.4. The van der Waals surface area contributed by atoms with Gasteiger partial charge in [-0.1, -0.05) is 36.4 Å². The molecule has 2 aliphatic rings. The second-order valence-corrected chi connectivity index (χ2v) is 7.63. The fourth-order valence-corrected chi connectivity index (χ4v) is 4.70. The molecule has 0 radical (unpaired) electrons. The summed E-state index contributed by atoms with van der Waals surface area (Å²) < 4.78 is 16.6. The molecule has 2 aliphatic heterocycles. The van der Waals surface area contributed by atoms with Gasteiger partial charge in [-0.05, 0) is 25.1 Å². The molecular formula is C25H20N2O6. The molecule has 0 fully saturated rings. The van der Waals surface area contributed by atoms with E-state index in [2.05, 4.69) is 6.58 Å². The van der Waals surface area contributed by atoms with Crippen LogP contribution in [0.2, 0.25) is 0 Å². The van der Waals surface area contributed by atoms with Crippen LogP contribution in [-0.2, 0) is 19.7 Å². The lowest BCUT2D eigenvalue weighted by molar-refractivity contribution is -0.143. The SMILES string of the molecule is C=CCN1C(N)=C(C(=O)OCC)[C@]2(C(=O)Oc3c2c(=O)oc2ccccc32)c2ccccc21. The van der Waals surface area contributed by atoms with Crippen molar-refractivity contribution in [2.75, 3.05) is 18.1 Å². The monoisotopic (exact) mass is 444 g/mol. The van der Waals surface area contributed by atoms with Gasteiger partial charge in [-0.15, -0.1) is 6.58 Å². The van der Waals surface area contributed by atoms with E-state index in [-0.39, 0.29) is 41.4 Å². The van der Waals surface area contributed by atoms with Gasteiger partial charge in [-0.25, -0.2) is 14.4 Å². The first-order chi connectivity index (χ1) is 16.0. The number of hydrogen-bond acceptors (Lipinski definition) is 8. The fraction of sp³-hybridized carbons (Fsp3) is 0.160. The molecule has 3 heterocycles. The van der Waals surface area contributed by atoms with Gasteiger partial charge in [0.05, 0.1) is 12.0 Å². The topological polar surface area (TPSA) is 112 Å². The van der Waals surface area contributed by atoms with Gasteiger partial charge in [0.2, 0.25) is 0 Å². The Morgan fingerprint density at radius 1 is 1.18 bits per heavy atom. The van der Waals surface area contributed by atoms with Crippen LogP contribution in [-0.4, -0.2) is 25.1 Å². The maximum atomic E-state index is 13.8. The van der Waals surface area contributed by atoms with Crippen molar-refractivity contribution in [3.63, 3.8) is 0 Å². The Morgan fingerprint density at radius 3 is 2.67 bits per heavy atom. The minimum Gasteiger partial charge on any atom is -0.462 e. The number of hydrogen-bond donors (Lipinski definition) is 1. The lowest BCUT2D eigenvalue weighted by Crippen LogP contribution is -2.50. The summed E-state index contributed by atoms with van der Waals surface area (Å²) in [6, 6.07) is 13.6. The summed E-state index contributed by atoms with van der Waals surface area (Å²) >= 11 is 0. The Bertz CT molecular complexity index is 1440. The zero-order chi connectivity index (χ0) is 23.3. The van der Waals surface area contributed by atoms with Crippen molar-refractivity contribution in [2.45, 2.75) is 12.3 Å². The number of para-hydroxylation sites is 2. The molecule has 166 valence electrons. The van der Waals surface area contributed by atoms with E-state index in [1.807, 2.05) is 0 Å². The molecule has 2 N–H and O–H groups in total. The highest BCUT2D eigenvalue weighted by Crippen LogP contribution is 2.55. The molecule has 0 amide bonds. The van der Waals surface area contributed by atoms with E-state index in [0.717, 1.165) is 0 Å². The van der Waals surface area contributed by atoms with Crippen molar-refractivity contribution < 1.29 is 23.5 Å². The summed E-state index contributed by atoms with van der Waals surface area (Å²) in [5.74, 6) is -1.62. The highest BCUT2D eigenvalue weighted by atomic mass is 16.6. The van der Waals surface area contributed by atoms with Crippen molar-refractivity contribution >= 4 is 28.6 Å². The number of nitrogens with two attached hydrogens (primary N) is 1. The van der Waals surface area contributed by atoms with E-state index in [4.69, 9.17) is 19.6 Å².